The predicted molar refractivity (Wildman–Crippen MR) is 116 cm³/mol. The number of carbonyl (C=O) groups excluding carboxylic acids is 2. The molecule has 0 radical (unpaired) electrons. The first-order valence-corrected chi connectivity index (χ1v) is 10.0. The van der Waals surface area contributed by atoms with Gasteiger partial charge in [0, 0.05) is 21.7 Å². The van der Waals surface area contributed by atoms with E-state index in [2.05, 4.69) is 21.2 Å². The zero-order valence-electron chi connectivity index (χ0n) is 16.1. The molecule has 3 aromatic carbocycles. The van der Waals surface area contributed by atoms with Crippen molar-refractivity contribution in [2.45, 2.75) is 0 Å². The molecule has 0 aliphatic carbocycles. The minimum atomic E-state index is -0.336. The molecule has 3 aromatic rings. The Morgan fingerprint density at radius 1 is 0.933 bits per heavy atom. The third-order valence-corrected chi connectivity index (χ3v) is 5.11. The number of ether oxygens (including phenoxy) is 3. The molecule has 0 saturated heterocycles. The number of hydrogen-bond donors (Lipinski definition) is 1. The zero-order chi connectivity index (χ0) is 21.1. The van der Waals surface area contributed by atoms with E-state index in [-0.39, 0.29) is 11.7 Å². The second-order valence-electron chi connectivity index (χ2n) is 6.56. The first-order valence-electron chi connectivity index (χ1n) is 9.24. The van der Waals surface area contributed by atoms with Crippen molar-refractivity contribution in [2.24, 2.45) is 0 Å². The number of carbonyl (C=O) groups is 2. The number of halogens is 1. The number of fused-ring (bicyclic) bond motifs is 1. The molecule has 1 aliphatic rings. The van der Waals surface area contributed by atoms with E-state index in [1.807, 2.05) is 6.07 Å². The molecule has 1 N–H and O–H groups in total. The van der Waals surface area contributed by atoms with Crippen LogP contribution in [0, 0.1) is 0 Å². The summed E-state index contributed by atoms with van der Waals surface area (Å²) in [5.74, 6) is 1.02. The molecule has 0 aromatic heterocycles. The Hall–Kier alpha value is -3.32. The summed E-state index contributed by atoms with van der Waals surface area (Å²) in [4.78, 5) is 26.0. The molecule has 1 amide bonds. The van der Waals surface area contributed by atoms with Gasteiger partial charge < -0.3 is 19.5 Å². The van der Waals surface area contributed by atoms with Gasteiger partial charge in [-0.1, -0.05) is 22.0 Å². The lowest BCUT2D eigenvalue weighted by atomic mass is 10.00. The quantitative estimate of drug-likeness (QED) is 0.549. The maximum absolute atomic E-state index is 13.2. The summed E-state index contributed by atoms with van der Waals surface area (Å²) >= 11 is 3.36. The molecular weight excluding hydrogens is 450 g/mol. The van der Waals surface area contributed by atoms with Crippen molar-refractivity contribution < 1.29 is 23.8 Å². The first kappa shape index (κ1) is 20.0. The van der Waals surface area contributed by atoms with Gasteiger partial charge in [0.1, 0.15) is 19.0 Å². The van der Waals surface area contributed by atoms with Gasteiger partial charge in [0.15, 0.2) is 17.3 Å². The van der Waals surface area contributed by atoms with E-state index in [0.29, 0.717) is 52.8 Å². The van der Waals surface area contributed by atoms with Crippen LogP contribution in [-0.2, 0) is 0 Å². The Morgan fingerprint density at radius 2 is 1.63 bits per heavy atom. The van der Waals surface area contributed by atoms with Crippen molar-refractivity contribution in [3.8, 4) is 17.2 Å². The van der Waals surface area contributed by atoms with Crippen LogP contribution < -0.4 is 19.5 Å². The lowest BCUT2D eigenvalue weighted by molar-refractivity contribution is 0.102. The average molecular weight is 468 g/mol. The number of ketones is 1. The van der Waals surface area contributed by atoms with Gasteiger partial charge in [0.25, 0.3) is 5.91 Å². The van der Waals surface area contributed by atoms with Crippen LogP contribution in [-0.4, -0.2) is 32.0 Å². The molecule has 0 saturated carbocycles. The van der Waals surface area contributed by atoms with E-state index in [0.717, 1.165) is 4.47 Å². The number of anilines is 1. The minimum absolute atomic E-state index is 0.251. The second kappa shape index (κ2) is 8.59. The van der Waals surface area contributed by atoms with Gasteiger partial charge in [-0.3, -0.25) is 9.59 Å². The van der Waals surface area contributed by atoms with Crippen molar-refractivity contribution >= 4 is 33.3 Å². The van der Waals surface area contributed by atoms with Crippen LogP contribution in [0.5, 0.6) is 17.2 Å². The van der Waals surface area contributed by atoms with Crippen LogP contribution in [0.1, 0.15) is 26.3 Å². The molecule has 4 rings (SSSR count). The maximum Gasteiger partial charge on any atom is 0.255 e. The fraction of sp³-hybridized carbons (Fsp3) is 0.130. The molecule has 1 aliphatic heterocycles. The summed E-state index contributed by atoms with van der Waals surface area (Å²) < 4.78 is 17.2. The summed E-state index contributed by atoms with van der Waals surface area (Å²) in [5.41, 5.74) is 1.59. The molecule has 0 unspecified atom stereocenters. The summed E-state index contributed by atoms with van der Waals surface area (Å²) in [6.45, 7) is 0.796. The van der Waals surface area contributed by atoms with E-state index in [1.165, 1.54) is 0 Å². The van der Waals surface area contributed by atoms with Crippen LogP contribution in [0.3, 0.4) is 0 Å². The molecule has 0 fully saturated rings. The lowest BCUT2D eigenvalue weighted by Gasteiger charge is -2.21. The molecule has 0 spiro atoms. The van der Waals surface area contributed by atoms with Gasteiger partial charge in [-0.15, -0.1) is 0 Å². The highest BCUT2D eigenvalue weighted by Gasteiger charge is 2.22. The zero-order valence-corrected chi connectivity index (χ0v) is 17.7. The number of amides is 1. The summed E-state index contributed by atoms with van der Waals surface area (Å²) in [7, 11) is 1.56. The van der Waals surface area contributed by atoms with Crippen molar-refractivity contribution in [2.75, 3.05) is 25.6 Å². The smallest absolute Gasteiger partial charge is 0.255 e. The normalized spacial score (nSPS) is 12.2. The van der Waals surface area contributed by atoms with E-state index in [9.17, 15) is 9.59 Å². The van der Waals surface area contributed by atoms with E-state index in [4.69, 9.17) is 14.2 Å². The highest BCUT2D eigenvalue weighted by Crippen LogP contribution is 2.37. The minimum Gasteiger partial charge on any atom is -0.497 e. The third-order valence-electron chi connectivity index (χ3n) is 4.61. The Balaban J connectivity index is 1.72. The van der Waals surface area contributed by atoms with Crippen molar-refractivity contribution in [3.05, 3.63) is 81.8 Å². The highest BCUT2D eigenvalue weighted by molar-refractivity contribution is 9.10. The van der Waals surface area contributed by atoms with E-state index >= 15 is 0 Å². The lowest BCUT2D eigenvalue weighted by Crippen LogP contribution is -2.19. The number of nitrogens with one attached hydrogen (secondary N) is 1. The number of rotatable bonds is 5. The monoisotopic (exact) mass is 467 g/mol. The maximum atomic E-state index is 13.2. The number of hydrogen-bond acceptors (Lipinski definition) is 5. The SMILES string of the molecule is COc1ccc(C(=O)c2cc3c(cc2NC(=O)c2cccc(Br)c2)OCCO3)cc1. The average Bonchev–Trinajstić information content (AvgIpc) is 2.78. The van der Waals surface area contributed by atoms with Crippen LogP contribution in [0.4, 0.5) is 5.69 Å². The Morgan fingerprint density at radius 3 is 2.30 bits per heavy atom. The molecule has 1 heterocycles. The van der Waals surface area contributed by atoms with Gasteiger partial charge in [-0.05, 0) is 48.5 Å². The third kappa shape index (κ3) is 4.16. The molecule has 30 heavy (non-hydrogen) atoms. The molecular formula is C23H18BrNO5. The van der Waals surface area contributed by atoms with Gasteiger partial charge in [-0.2, -0.15) is 0 Å². The van der Waals surface area contributed by atoms with Crippen LogP contribution in [0.25, 0.3) is 0 Å². The summed E-state index contributed by atoms with van der Waals surface area (Å²) in [6.07, 6.45) is 0. The van der Waals surface area contributed by atoms with Crippen molar-refractivity contribution in [3.63, 3.8) is 0 Å². The molecule has 0 bridgehead atoms. The van der Waals surface area contributed by atoms with Crippen molar-refractivity contribution in [1.82, 2.24) is 0 Å². The van der Waals surface area contributed by atoms with Gasteiger partial charge in [0.05, 0.1) is 18.4 Å². The summed E-state index contributed by atoms with van der Waals surface area (Å²) in [5, 5.41) is 2.84. The first-order chi connectivity index (χ1) is 14.5. The molecule has 152 valence electrons. The topological polar surface area (TPSA) is 73.9 Å². The van der Waals surface area contributed by atoms with Crippen molar-refractivity contribution in [1.29, 1.82) is 0 Å². The highest BCUT2D eigenvalue weighted by atomic mass is 79.9. The Kier molecular flexibility index (Phi) is 5.72. The van der Waals surface area contributed by atoms with E-state index in [1.54, 1.807) is 61.7 Å². The molecule has 7 heteroatoms. The standard InChI is InChI=1S/C23H18BrNO5/c1-28-17-7-5-14(6-8-17)22(26)18-12-20-21(30-10-9-29-20)13-19(18)25-23(27)15-3-2-4-16(24)11-15/h2-8,11-13H,9-10H2,1H3,(H,25,27). The predicted octanol–water partition coefficient (Wildman–Crippen LogP) is 4.71. The van der Waals surface area contributed by atoms with E-state index < -0.39 is 0 Å². The van der Waals surface area contributed by atoms with Crippen LogP contribution >= 0.6 is 15.9 Å². The second-order valence-corrected chi connectivity index (χ2v) is 7.48. The Bertz CT molecular complexity index is 1110. The van der Waals surface area contributed by atoms with Crippen LogP contribution in [0.15, 0.2) is 65.1 Å². The number of benzene rings is 3. The fourth-order valence-electron chi connectivity index (χ4n) is 3.10. The fourth-order valence-corrected chi connectivity index (χ4v) is 3.50. The molecule has 6 nitrogen and oxygen atoms in total. The van der Waals surface area contributed by atoms with Gasteiger partial charge in [0.2, 0.25) is 0 Å². The number of methoxy groups -OCH3 is 1. The largest absolute Gasteiger partial charge is 0.497 e. The van der Waals surface area contributed by atoms with Gasteiger partial charge in [-0.25, -0.2) is 0 Å². The van der Waals surface area contributed by atoms with Crippen LogP contribution in [0.2, 0.25) is 0 Å². The molecule has 0 atom stereocenters. The summed E-state index contributed by atoms with van der Waals surface area (Å²) in [6, 6.07) is 17.0. The van der Waals surface area contributed by atoms with Gasteiger partial charge >= 0.3 is 0 Å². The Labute approximate surface area is 181 Å².